The second kappa shape index (κ2) is 6.77. The number of aromatic nitrogens is 3. The molecule has 1 atom stereocenters. The van der Waals surface area contributed by atoms with Crippen LogP contribution in [-0.2, 0) is 18.3 Å². The summed E-state index contributed by atoms with van der Waals surface area (Å²) >= 11 is 0. The van der Waals surface area contributed by atoms with Crippen molar-refractivity contribution in [3.05, 3.63) is 41.5 Å². The molecule has 0 bridgehead atoms. The largest absolute Gasteiger partial charge is 0.495 e. The maximum atomic E-state index is 9.20. The fourth-order valence-corrected chi connectivity index (χ4v) is 2.79. The van der Waals surface area contributed by atoms with Crippen LogP contribution in [-0.4, -0.2) is 46.5 Å². The predicted molar refractivity (Wildman–Crippen MR) is 82.7 cm³/mol. The minimum atomic E-state index is -0.0788. The van der Waals surface area contributed by atoms with E-state index in [1.54, 1.807) is 13.4 Å². The second-order valence-electron chi connectivity index (χ2n) is 5.54. The van der Waals surface area contributed by atoms with Gasteiger partial charge in [0.05, 0.1) is 19.3 Å². The maximum absolute atomic E-state index is 9.20. The summed E-state index contributed by atoms with van der Waals surface area (Å²) in [5.41, 5.74) is 1.64. The maximum Gasteiger partial charge on any atom is 0.163 e. The topological polar surface area (TPSA) is 76.2 Å². The van der Waals surface area contributed by atoms with E-state index in [1.807, 2.05) is 29.8 Å². The van der Waals surface area contributed by atoms with Gasteiger partial charge < -0.3 is 14.0 Å². The third-order valence-corrected chi connectivity index (χ3v) is 3.98. The zero-order chi connectivity index (χ0) is 16.2. The second-order valence-corrected chi connectivity index (χ2v) is 5.54. The first-order valence-electron chi connectivity index (χ1n) is 7.46. The van der Waals surface area contributed by atoms with Gasteiger partial charge in [-0.15, -0.1) is 10.2 Å². The molecule has 7 heteroatoms. The molecule has 1 unspecified atom stereocenters. The minimum Gasteiger partial charge on any atom is -0.495 e. The van der Waals surface area contributed by atoms with E-state index >= 15 is 0 Å². The molecule has 0 N–H and O–H groups in total. The molecule has 0 saturated carbocycles. The van der Waals surface area contributed by atoms with Gasteiger partial charge in [0.25, 0.3) is 0 Å². The number of methoxy groups -OCH3 is 1. The van der Waals surface area contributed by atoms with Crippen molar-refractivity contribution in [1.82, 2.24) is 19.7 Å². The highest BCUT2D eigenvalue weighted by Crippen LogP contribution is 2.23. The molecule has 1 aromatic heterocycles. The van der Waals surface area contributed by atoms with Crippen LogP contribution in [0.3, 0.4) is 0 Å². The average Bonchev–Trinajstić information content (AvgIpc) is 3.01. The third kappa shape index (κ3) is 3.33. The van der Waals surface area contributed by atoms with Gasteiger partial charge in [-0.3, -0.25) is 4.90 Å². The molecular weight excluding hydrogens is 294 g/mol. The first kappa shape index (κ1) is 15.5. The number of nitriles is 1. The molecule has 120 valence electrons. The summed E-state index contributed by atoms with van der Waals surface area (Å²) in [7, 11) is 3.49. The molecular formula is C16H19N5O2. The molecule has 0 spiro atoms. The van der Waals surface area contributed by atoms with Crippen molar-refractivity contribution in [3.63, 3.8) is 0 Å². The van der Waals surface area contributed by atoms with Crippen LogP contribution in [0.2, 0.25) is 0 Å². The molecule has 0 aliphatic carbocycles. The van der Waals surface area contributed by atoms with Gasteiger partial charge in [0.2, 0.25) is 0 Å². The van der Waals surface area contributed by atoms with Gasteiger partial charge in [-0.05, 0) is 17.7 Å². The number of rotatable bonds is 4. The number of benzene rings is 1. The van der Waals surface area contributed by atoms with Crippen molar-refractivity contribution in [1.29, 1.82) is 5.26 Å². The summed E-state index contributed by atoms with van der Waals surface area (Å²) in [6, 6.07) is 7.89. The molecule has 0 amide bonds. The molecule has 23 heavy (non-hydrogen) atoms. The fraction of sp³-hybridized carbons (Fsp3) is 0.438. The highest BCUT2D eigenvalue weighted by Gasteiger charge is 2.25. The number of aryl methyl sites for hydroxylation is 1. The first-order valence-corrected chi connectivity index (χ1v) is 7.46. The van der Waals surface area contributed by atoms with Crippen LogP contribution >= 0.6 is 0 Å². The third-order valence-electron chi connectivity index (χ3n) is 3.98. The van der Waals surface area contributed by atoms with Crippen molar-refractivity contribution in [2.45, 2.75) is 12.6 Å². The fourth-order valence-electron chi connectivity index (χ4n) is 2.79. The summed E-state index contributed by atoms with van der Waals surface area (Å²) in [6.45, 7) is 3.01. The molecule has 1 saturated heterocycles. The Hall–Kier alpha value is -2.43. The Morgan fingerprint density at radius 3 is 3.04 bits per heavy atom. The summed E-state index contributed by atoms with van der Waals surface area (Å²) in [6.07, 6.45) is 1.60. The number of hydrogen-bond donors (Lipinski definition) is 0. The van der Waals surface area contributed by atoms with Crippen molar-refractivity contribution in [2.24, 2.45) is 7.05 Å². The number of morpholine rings is 1. The van der Waals surface area contributed by atoms with Crippen LogP contribution in [0.15, 0.2) is 24.5 Å². The Kier molecular flexibility index (Phi) is 4.55. The highest BCUT2D eigenvalue weighted by molar-refractivity contribution is 5.45. The normalized spacial score (nSPS) is 18.6. The van der Waals surface area contributed by atoms with Gasteiger partial charge in [-0.1, -0.05) is 6.07 Å². The molecule has 2 heterocycles. The Balaban J connectivity index is 1.71. The molecule has 1 aliphatic heterocycles. The van der Waals surface area contributed by atoms with Crippen molar-refractivity contribution in [3.8, 4) is 11.8 Å². The Morgan fingerprint density at radius 2 is 2.35 bits per heavy atom. The standard InChI is InChI=1S/C16H19N5O2/c1-20-11-18-19-16(20)15-10-21(5-6-23-15)9-12-3-4-14(22-2)13(7-12)8-17/h3-4,7,11,15H,5-6,9-10H2,1-2H3. The zero-order valence-electron chi connectivity index (χ0n) is 13.3. The van der Waals surface area contributed by atoms with Gasteiger partial charge in [-0.2, -0.15) is 5.26 Å². The molecule has 1 aromatic carbocycles. The average molecular weight is 313 g/mol. The summed E-state index contributed by atoms with van der Waals surface area (Å²) in [5, 5.41) is 17.2. The van der Waals surface area contributed by atoms with Crippen molar-refractivity contribution >= 4 is 0 Å². The lowest BCUT2D eigenvalue weighted by molar-refractivity contribution is -0.0385. The summed E-state index contributed by atoms with van der Waals surface area (Å²) in [5.74, 6) is 1.44. The summed E-state index contributed by atoms with van der Waals surface area (Å²) in [4.78, 5) is 2.30. The molecule has 0 radical (unpaired) electrons. The lowest BCUT2D eigenvalue weighted by atomic mass is 10.1. The summed E-state index contributed by atoms with van der Waals surface area (Å²) < 4.78 is 12.9. The molecule has 1 fully saturated rings. The van der Waals surface area contributed by atoms with E-state index in [0.717, 1.165) is 31.0 Å². The van der Waals surface area contributed by atoms with E-state index in [4.69, 9.17) is 9.47 Å². The van der Waals surface area contributed by atoms with Crippen LogP contribution in [0.1, 0.15) is 23.1 Å². The lowest BCUT2D eigenvalue weighted by Gasteiger charge is -2.32. The first-order chi connectivity index (χ1) is 11.2. The number of nitrogens with zero attached hydrogens (tertiary/aromatic N) is 5. The van der Waals surface area contributed by atoms with Gasteiger partial charge in [0.15, 0.2) is 5.82 Å². The molecule has 2 aromatic rings. The predicted octanol–water partition coefficient (Wildman–Crippen LogP) is 1.27. The van der Waals surface area contributed by atoms with Crippen molar-refractivity contribution in [2.75, 3.05) is 26.8 Å². The van der Waals surface area contributed by atoms with Crippen LogP contribution in [0.4, 0.5) is 0 Å². The van der Waals surface area contributed by atoms with Gasteiger partial charge in [0, 0.05) is 26.7 Å². The lowest BCUT2D eigenvalue weighted by Crippen LogP contribution is -2.38. The minimum absolute atomic E-state index is 0.0788. The van der Waals surface area contributed by atoms with Crippen LogP contribution in [0.25, 0.3) is 0 Å². The number of ether oxygens (including phenoxy) is 2. The SMILES string of the molecule is COc1ccc(CN2CCOC(c3nncn3C)C2)cc1C#N. The molecule has 7 nitrogen and oxygen atoms in total. The van der Waals surface area contributed by atoms with E-state index in [1.165, 1.54) is 0 Å². The smallest absolute Gasteiger partial charge is 0.163 e. The van der Waals surface area contributed by atoms with E-state index in [-0.39, 0.29) is 6.10 Å². The Labute approximate surface area is 135 Å². The van der Waals surface area contributed by atoms with Crippen LogP contribution in [0, 0.1) is 11.3 Å². The van der Waals surface area contributed by atoms with E-state index in [0.29, 0.717) is 17.9 Å². The van der Waals surface area contributed by atoms with Crippen molar-refractivity contribution < 1.29 is 9.47 Å². The molecule has 3 rings (SSSR count). The van der Waals surface area contributed by atoms with Crippen LogP contribution in [0.5, 0.6) is 5.75 Å². The molecule has 1 aliphatic rings. The van der Waals surface area contributed by atoms with Crippen LogP contribution < -0.4 is 4.74 Å². The van der Waals surface area contributed by atoms with E-state index in [2.05, 4.69) is 21.2 Å². The monoisotopic (exact) mass is 313 g/mol. The van der Waals surface area contributed by atoms with Gasteiger partial charge in [0.1, 0.15) is 24.3 Å². The Bertz CT molecular complexity index is 722. The Morgan fingerprint density at radius 1 is 1.48 bits per heavy atom. The van der Waals surface area contributed by atoms with E-state index in [9.17, 15) is 5.26 Å². The zero-order valence-corrected chi connectivity index (χ0v) is 13.3. The van der Waals surface area contributed by atoms with Gasteiger partial charge >= 0.3 is 0 Å². The van der Waals surface area contributed by atoms with Gasteiger partial charge in [-0.25, -0.2) is 0 Å². The van der Waals surface area contributed by atoms with E-state index < -0.39 is 0 Å². The highest BCUT2D eigenvalue weighted by atomic mass is 16.5. The number of hydrogen-bond acceptors (Lipinski definition) is 6. The quantitative estimate of drug-likeness (QED) is 0.846.